The van der Waals surface area contributed by atoms with Crippen molar-refractivity contribution in [1.82, 2.24) is 15.3 Å². The molecule has 0 spiro atoms. The van der Waals surface area contributed by atoms with Gasteiger partial charge in [0.25, 0.3) is 0 Å². The zero-order chi connectivity index (χ0) is 12.8. The van der Waals surface area contributed by atoms with Gasteiger partial charge in [0.1, 0.15) is 17.4 Å². The van der Waals surface area contributed by atoms with Crippen LogP contribution in [0.3, 0.4) is 0 Å². The van der Waals surface area contributed by atoms with Gasteiger partial charge in [0.2, 0.25) is 0 Å². The maximum Gasteiger partial charge on any atom is 0.141 e. The number of rotatable bonds is 6. The summed E-state index contributed by atoms with van der Waals surface area (Å²) in [5.74, 6) is 0.818. The SMILES string of the molecule is CCNCc1nc(COc2cccnc2C)cs1. The zero-order valence-electron chi connectivity index (χ0n) is 10.6. The number of hydrogen-bond donors (Lipinski definition) is 1. The number of thiazole rings is 1. The molecule has 2 rings (SSSR count). The summed E-state index contributed by atoms with van der Waals surface area (Å²) >= 11 is 1.66. The van der Waals surface area contributed by atoms with Gasteiger partial charge in [-0.05, 0) is 25.6 Å². The van der Waals surface area contributed by atoms with Crippen LogP contribution in [-0.2, 0) is 13.2 Å². The van der Waals surface area contributed by atoms with Crippen molar-refractivity contribution in [3.63, 3.8) is 0 Å². The van der Waals surface area contributed by atoms with Crippen LogP contribution >= 0.6 is 11.3 Å². The first-order chi connectivity index (χ1) is 8.79. The number of ether oxygens (including phenoxy) is 1. The molecular weight excluding hydrogens is 246 g/mol. The fourth-order valence-electron chi connectivity index (χ4n) is 1.50. The third-order valence-electron chi connectivity index (χ3n) is 2.46. The van der Waals surface area contributed by atoms with Gasteiger partial charge in [-0.15, -0.1) is 11.3 Å². The van der Waals surface area contributed by atoms with Crippen LogP contribution in [0, 0.1) is 6.92 Å². The molecule has 4 nitrogen and oxygen atoms in total. The number of hydrogen-bond acceptors (Lipinski definition) is 5. The average molecular weight is 263 g/mol. The van der Waals surface area contributed by atoms with Gasteiger partial charge in [-0.3, -0.25) is 4.98 Å². The smallest absolute Gasteiger partial charge is 0.141 e. The summed E-state index contributed by atoms with van der Waals surface area (Å²) in [6, 6.07) is 3.80. The van der Waals surface area contributed by atoms with Crippen LogP contribution in [0.5, 0.6) is 5.75 Å². The van der Waals surface area contributed by atoms with Gasteiger partial charge in [-0.25, -0.2) is 4.98 Å². The largest absolute Gasteiger partial charge is 0.485 e. The molecule has 0 aliphatic heterocycles. The van der Waals surface area contributed by atoms with Crippen LogP contribution in [0.2, 0.25) is 0 Å². The van der Waals surface area contributed by atoms with E-state index in [1.807, 2.05) is 24.4 Å². The molecule has 0 atom stereocenters. The summed E-state index contributed by atoms with van der Waals surface area (Å²) in [5.41, 5.74) is 1.87. The van der Waals surface area contributed by atoms with Crippen molar-refractivity contribution in [2.75, 3.05) is 6.54 Å². The first-order valence-corrected chi connectivity index (χ1v) is 6.86. The lowest BCUT2D eigenvalue weighted by Crippen LogP contribution is -2.11. The standard InChI is InChI=1S/C13H17N3OS/c1-3-14-7-13-16-11(9-18-13)8-17-12-5-4-6-15-10(12)2/h4-6,9,14H,3,7-8H2,1-2H3. The fraction of sp³-hybridized carbons (Fsp3) is 0.385. The lowest BCUT2D eigenvalue weighted by atomic mass is 10.3. The molecule has 0 amide bonds. The van der Waals surface area contributed by atoms with Crippen molar-refractivity contribution in [3.05, 3.63) is 40.1 Å². The number of nitrogens with zero attached hydrogens (tertiary/aromatic N) is 2. The maximum atomic E-state index is 5.70. The molecule has 0 saturated heterocycles. The van der Waals surface area contributed by atoms with Crippen molar-refractivity contribution in [1.29, 1.82) is 0 Å². The molecule has 0 fully saturated rings. The number of aromatic nitrogens is 2. The molecular formula is C13H17N3OS. The van der Waals surface area contributed by atoms with Crippen LogP contribution in [0.15, 0.2) is 23.7 Å². The second kappa shape index (κ2) is 6.47. The second-order valence-electron chi connectivity index (χ2n) is 3.89. The predicted molar refractivity (Wildman–Crippen MR) is 72.8 cm³/mol. The molecule has 5 heteroatoms. The number of pyridine rings is 1. The minimum Gasteiger partial charge on any atom is -0.485 e. The van der Waals surface area contributed by atoms with Crippen LogP contribution in [0.1, 0.15) is 23.3 Å². The first kappa shape index (κ1) is 13.0. The Labute approximate surface area is 111 Å². The van der Waals surface area contributed by atoms with E-state index in [1.54, 1.807) is 17.5 Å². The first-order valence-electron chi connectivity index (χ1n) is 5.98. The fourth-order valence-corrected chi connectivity index (χ4v) is 2.25. The highest BCUT2D eigenvalue weighted by atomic mass is 32.1. The Hall–Kier alpha value is -1.46. The molecule has 0 unspecified atom stereocenters. The Bertz CT molecular complexity index is 498. The quantitative estimate of drug-likeness (QED) is 0.870. The van der Waals surface area contributed by atoms with Crippen molar-refractivity contribution < 1.29 is 4.74 Å². The van der Waals surface area contributed by atoms with E-state index in [9.17, 15) is 0 Å². The van der Waals surface area contributed by atoms with Gasteiger partial charge >= 0.3 is 0 Å². The van der Waals surface area contributed by atoms with Gasteiger partial charge in [-0.2, -0.15) is 0 Å². The van der Waals surface area contributed by atoms with Crippen LogP contribution in [-0.4, -0.2) is 16.5 Å². The Balaban J connectivity index is 1.90. The molecule has 0 aliphatic carbocycles. The van der Waals surface area contributed by atoms with Gasteiger partial charge in [-0.1, -0.05) is 6.92 Å². The van der Waals surface area contributed by atoms with Gasteiger partial charge in [0.05, 0.1) is 11.4 Å². The van der Waals surface area contributed by atoms with E-state index in [2.05, 4.69) is 22.2 Å². The molecule has 1 N–H and O–H groups in total. The van der Waals surface area contributed by atoms with E-state index < -0.39 is 0 Å². The maximum absolute atomic E-state index is 5.70. The van der Waals surface area contributed by atoms with Crippen LogP contribution < -0.4 is 10.1 Å². The van der Waals surface area contributed by atoms with E-state index >= 15 is 0 Å². The molecule has 0 bridgehead atoms. The van der Waals surface area contributed by atoms with Gasteiger partial charge in [0, 0.05) is 18.1 Å². The van der Waals surface area contributed by atoms with E-state index in [0.29, 0.717) is 6.61 Å². The summed E-state index contributed by atoms with van der Waals surface area (Å²) in [7, 11) is 0. The average Bonchev–Trinajstić information content (AvgIpc) is 2.83. The minimum atomic E-state index is 0.495. The minimum absolute atomic E-state index is 0.495. The Morgan fingerprint density at radius 1 is 1.44 bits per heavy atom. The highest BCUT2D eigenvalue weighted by Gasteiger charge is 2.04. The Kier molecular flexibility index (Phi) is 4.66. The zero-order valence-corrected chi connectivity index (χ0v) is 11.5. The van der Waals surface area contributed by atoms with Gasteiger partial charge < -0.3 is 10.1 Å². The lowest BCUT2D eigenvalue weighted by molar-refractivity contribution is 0.298. The van der Waals surface area contributed by atoms with Crippen molar-refractivity contribution in [3.8, 4) is 5.75 Å². The van der Waals surface area contributed by atoms with E-state index in [4.69, 9.17) is 4.74 Å². The molecule has 0 aliphatic rings. The second-order valence-corrected chi connectivity index (χ2v) is 4.83. The number of nitrogens with one attached hydrogen (secondary N) is 1. The van der Waals surface area contributed by atoms with Gasteiger partial charge in [0.15, 0.2) is 0 Å². The summed E-state index contributed by atoms with van der Waals surface area (Å²) in [5, 5.41) is 6.39. The molecule has 2 aromatic heterocycles. The lowest BCUT2D eigenvalue weighted by Gasteiger charge is -2.05. The van der Waals surface area contributed by atoms with Crippen molar-refractivity contribution in [2.24, 2.45) is 0 Å². The summed E-state index contributed by atoms with van der Waals surface area (Å²) in [4.78, 5) is 8.69. The van der Waals surface area contributed by atoms with Crippen LogP contribution in [0.25, 0.3) is 0 Å². The van der Waals surface area contributed by atoms with Crippen molar-refractivity contribution in [2.45, 2.75) is 27.0 Å². The summed E-state index contributed by atoms with van der Waals surface area (Å²) in [6.45, 7) is 6.30. The summed E-state index contributed by atoms with van der Waals surface area (Å²) in [6.07, 6.45) is 1.76. The van der Waals surface area contributed by atoms with E-state index in [-0.39, 0.29) is 0 Å². The van der Waals surface area contributed by atoms with E-state index in [0.717, 1.165) is 35.2 Å². The number of aryl methyl sites for hydroxylation is 1. The highest BCUT2D eigenvalue weighted by molar-refractivity contribution is 7.09. The summed E-state index contributed by atoms with van der Waals surface area (Å²) < 4.78 is 5.70. The molecule has 18 heavy (non-hydrogen) atoms. The molecule has 96 valence electrons. The third kappa shape index (κ3) is 3.51. The molecule has 2 aromatic rings. The Morgan fingerprint density at radius 2 is 2.33 bits per heavy atom. The van der Waals surface area contributed by atoms with Crippen LogP contribution in [0.4, 0.5) is 0 Å². The molecule has 2 heterocycles. The predicted octanol–water partition coefficient (Wildman–Crippen LogP) is 2.54. The Morgan fingerprint density at radius 3 is 3.11 bits per heavy atom. The highest BCUT2D eigenvalue weighted by Crippen LogP contribution is 2.16. The van der Waals surface area contributed by atoms with Crippen molar-refractivity contribution >= 4 is 11.3 Å². The monoisotopic (exact) mass is 263 g/mol. The molecule has 0 radical (unpaired) electrons. The third-order valence-corrected chi connectivity index (χ3v) is 3.36. The molecule has 0 aromatic carbocycles. The normalized spacial score (nSPS) is 10.6. The molecule has 0 saturated carbocycles. The van der Waals surface area contributed by atoms with E-state index in [1.165, 1.54) is 0 Å². The topological polar surface area (TPSA) is 47.0 Å².